The van der Waals surface area contributed by atoms with Crippen LogP contribution in [0, 0.1) is 11.8 Å². The van der Waals surface area contributed by atoms with E-state index >= 15 is 0 Å². The van der Waals surface area contributed by atoms with Crippen molar-refractivity contribution in [3.8, 4) is 0 Å². The van der Waals surface area contributed by atoms with Gasteiger partial charge in [-0.05, 0) is 52.0 Å². The summed E-state index contributed by atoms with van der Waals surface area (Å²) in [4.78, 5) is 14.8. The smallest absolute Gasteiger partial charge is 0.223 e. The first-order valence-corrected chi connectivity index (χ1v) is 10.6. The van der Waals surface area contributed by atoms with Crippen LogP contribution >= 0.6 is 0 Å². The Bertz CT molecular complexity index is 499. The minimum atomic E-state index is -3.12. The van der Waals surface area contributed by atoms with Gasteiger partial charge in [-0.25, -0.2) is 12.7 Å². The van der Waals surface area contributed by atoms with E-state index in [1.165, 1.54) is 23.4 Å². The first kappa shape index (κ1) is 18.7. The average Bonchev–Trinajstić information content (AvgIpc) is 2.52. The van der Waals surface area contributed by atoms with Gasteiger partial charge in [-0.15, -0.1) is 0 Å². The minimum Gasteiger partial charge on any atom is -0.356 e. The van der Waals surface area contributed by atoms with Crippen molar-refractivity contribution in [1.82, 2.24) is 14.5 Å². The van der Waals surface area contributed by atoms with Crippen LogP contribution in [0.5, 0.6) is 0 Å². The second kappa shape index (κ2) is 7.94. The molecule has 0 spiro atoms. The average molecular weight is 346 g/mol. The maximum Gasteiger partial charge on any atom is 0.223 e. The molecule has 2 rings (SSSR count). The summed E-state index contributed by atoms with van der Waals surface area (Å²) in [6.45, 7) is 8.32. The molecule has 2 fully saturated rings. The first-order chi connectivity index (χ1) is 10.8. The van der Waals surface area contributed by atoms with Gasteiger partial charge in [0.25, 0.3) is 0 Å². The summed E-state index contributed by atoms with van der Waals surface area (Å²) in [6, 6.07) is 0.564. The van der Waals surface area contributed by atoms with E-state index in [9.17, 15) is 13.2 Å². The second-order valence-electron chi connectivity index (χ2n) is 7.28. The molecular formula is C16H31N3O3S. The molecule has 1 N–H and O–H groups in total. The highest BCUT2D eigenvalue weighted by molar-refractivity contribution is 7.88. The zero-order valence-corrected chi connectivity index (χ0v) is 15.4. The topological polar surface area (TPSA) is 69.7 Å². The van der Waals surface area contributed by atoms with E-state index in [0.29, 0.717) is 37.9 Å². The number of hydrogen-bond donors (Lipinski definition) is 1. The molecule has 0 bridgehead atoms. The quantitative estimate of drug-likeness (QED) is 0.804. The minimum absolute atomic E-state index is 0.0437. The number of carbonyl (C=O) groups excluding carboxylic acids is 1. The molecule has 0 aromatic carbocycles. The molecule has 1 unspecified atom stereocenters. The fraction of sp³-hybridized carbons (Fsp3) is 0.938. The number of sulfonamides is 1. The Labute approximate surface area is 140 Å². The predicted octanol–water partition coefficient (Wildman–Crippen LogP) is 0.895. The van der Waals surface area contributed by atoms with Crippen LogP contribution in [0.4, 0.5) is 0 Å². The normalized spacial score (nSPS) is 25.7. The fourth-order valence-electron chi connectivity index (χ4n) is 3.57. The Morgan fingerprint density at radius 1 is 1.17 bits per heavy atom. The summed E-state index contributed by atoms with van der Waals surface area (Å²) in [5.41, 5.74) is 0. The highest BCUT2D eigenvalue weighted by Gasteiger charge is 2.29. The lowest BCUT2D eigenvalue weighted by molar-refractivity contribution is -0.126. The van der Waals surface area contributed by atoms with Crippen molar-refractivity contribution in [1.29, 1.82) is 0 Å². The lowest BCUT2D eigenvalue weighted by Gasteiger charge is -2.36. The van der Waals surface area contributed by atoms with Gasteiger partial charge in [-0.2, -0.15) is 0 Å². The highest BCUT2D eigenvalue weighted by atomic mass is 32.2. The van der Waals surface area contributed by atoms with Crippen molar-refractivity contribution in [2.24, 2.45) is 11.8 Å². The zero-order valence-electron chi connectivity index (χ0n) is 14.6. The van der Waals surface area contributed by atoms with Crippen LogP contribution in [-0.2, 0) is 14.8 Å². The van der Waals surface area contributed by atoms with Crippen LogP contribution in [-0.4, -0.2) is 68.6 Å². The molecular weight excluding hydrogens is 314 g/mol. The van der Waals surface area contributed by atoms with E-state index in [-0.39, 0.29) is 11.8 Å². The standard InChI is InChI=1S/C16H31N3O3S/c1-13(2)18-8-4-5-14(12-18)11-17-16(20)15-6-9-19(10-7-15)23(3,21)22/h13-15H,4-12H2,1-3H3,(H,17,20). The Kier molecular flexibility index (Phi) is 6.45. The fourth-order valence-corrected chi connectivity index (χ4v) is 4.45. The number of nitrogens with one attached hydrogen (secondary N) is 1. The van der Waals surface area contributed by atoms with E-state index in [2.05, 4.69) is 24.1 Å². The molecule has 1 amide bonds. The van der Waals surface area contributed by atoms with Crippen LogP contribution < -0.4 is 5.32 Å². The first-order valence-electron chi connectivity index (χ1n) is 8.74. The van der Waals surface area contributed by atoms with Gasteiger partial charge in [-0.3, -0.25) is 4.79 Å². The lowest BCUT2D eigenvalue weighted by atomic mass is 9.95. The maximum atomic E-state index is 12.3. The molecule has 2 heterocycles. The number of piperidine rings is 2. The van der Waals surface area contributed by atoms with Gasteiger partial charge >= 0.3 is 0 Å². The van der Waals surface area contributed by atoms with E-state index in [1.54, 1.807) is 0 Å². The summed E-state index contributed by atoms with van der Waals surface area (Å²) >= 11 is 0. The van der Waals surface area contributed by atoms with E-state index < -0.39 is 10.0 Å². The largest absolute Gasteiger partial charge is 0.356 e. The second-order valence-corrected chi connectivity index (χ2v) is 9.26. The van der Waals surface area contributed by atoms with Crippen LogP contribution in [0.25, 0.3) is 0 Å². The Morgan fingerprint density at radius 2 is 1.83 bits per heavy atom. The number of rotatable bonds is 5. The third-order valence-electron chi connectivity index (χ3n) is 5.14. The molecule has 0 aromatic rings. The number of nitrogens with zero attached hydrogens (tertiary/aromatic N) is 2. The van der Waals surface area contributed by atoms with Crippen LogP contribution in [0.3, 0.4) is 0 Å². The van der Waals surface area contributed by atoms with Crippen molar-refractivity contribution >= 4 is 15.9 Å². The Morgan fingerprint density at radius 3 is 2.39 bits per heavy atom. The molecule has 2 saturated heterocycles. The van der Waals surface area contributed by atoms with Crippen molar-refractivity contribution < 1.29 is 13.2 Å². The highest BCUT2D eigenvalue weighted by Crippen LogP contribution is 2.21. The molecule has 0 radical (unpaired) electrons. The van der Waals surface area contributed by atoms with Crippen molar-refractivity contribution in [2.45, 2.75) is 45.6 Å². The molecule has 0 aromatic heterocycles. The molecule has 6 nitrogen and oxygen atoms in total. The number of hydrogen-bond acceptors (Lipinski definition) is 4. The number of carbonyl (C=O) groups is 1. The lowest BCUT2D eigenvalue weighted by Crippen LogP contribution is -2.46. The predicted molar refractivity (Wildman–Crippen MR) is 91.6 cm³/mol. The Balaban J connectivity index is 1.73. The van der Waals surface area contributed by atoms with E-state index in [4.69, 9.17) is 0 Å². The van der Waals surface area contributed by atoms with Crippen molar-refractivity contribution in [2.75, 3.05) is 39.0 Å². The summed E-state index contributed by atoms with van der Waals surface area (Å²) < 4.78 is 24.5. The summed E-state index contributed by atoms with van der Waals surface area (Å²) in [6.07, 6.45) is 4.86. The van der Waals surface area contributed by atoms with Gasteiger partial charge < -0.3 is 10.2 Å². The van der Waals surface area contributed by atoms with Crippen LogP contribution in [0.2, 0.25) is 0 Å². The molecule has 0 saturated carbocycles. The molecule has 0 aliphatic carbocycles. The Hall–Kier alpha value is -0.660. The monoisotopic (exact) mass is 345 g/mol. The van der Waals surface area contributed by atoms with E-state index in [0.717, 1.165) is 19.6 Å². The molecule has 2 aliphatic rings. The molecule has 134 valence electrons. The van der Waals surface area contributed by atoms with Gasteiger partial charge in [0.05, 0.1) is 6.26 Å². The molecule has 7 heteroatoms. The summed E-state index contributed by atoms with van der Waals surface area (Å²) in [7, 11) is -3.12. The van der Waals surface area contributed by atoms with Gasteiger partial charge in [-0.1, -0.05) is 0 Å². The number of amides is 1. The van der Waals surface area contributed by atoms with Gasteiger partial charge in [0.1, 0.15) is 0 Å². The number of likely N-dealkylation sites (tertiary alicyclic amines) is 1. The van der Waals surface area contributed by atoms with E-state index in [1.807, 2.05) is 0 Å². The van der Waals surface area contributed by atoms with Gasteiger partial charge in [0.15, 0.2) is 0 Å². The van der Waals surface area contributed by atoms with Crippen LogP contribution in [0.15, 0.2) is 0 Å². The third kappa shape index (κ3) is 5.43. The summed E-state index contributed by atoms with van der Waals surface area (Å²) in [5.74, 6) is 0.587. The van der Waals surface area contributed by atoms with Gasteiger partial charge in [0.2, 0.25) is 15.9 Å². The molecule has 23 heavy (non-hydrogen) atoms. The zero-order chi connectivity index (χ0) is 17.0. The van der Waals surface area contributed by atoms with Crippen molar-refractivity contribution in [3.05, 3.63) is 0 Å². The van der Waals surface area contributed by atoms with Crippen LogP contribution in [0.1, 0.15) is 39.5 Å². The molecule has 2 aliphatic heterocycles. The van der Waals surface area contributed by atoms with Gasteiger partial charge in [0, 0.05) is 38.1 Å². The third-order valence-corrected chi connectivity index (χ3v) is 6.44. The molecule has 1 atom stereocenters. The maximum absolute atomic E-state index is 12.3. The SMILES string of the molecule is CC(C)N1CCCC(CNC(=O)C2CCN(S(C)(=O)=O)CC2)C1. The van der Waals surface area contributed by atoms with Crippen molar-refractivity contribution in [3.63, 3.8) is 0 Å². The summed E-state index contributed by atoms with van der Waals surface area (Å²) in [5, 5.41) is 3.10.